The molecule has 160 valence electrons. The highest BCUT2D eigenvalue weighted by atomic mass is 32.2. The van der Waals surface area contributed by atoms with Crippen LogP contribution >= 0.6 is 0 Å². The van der Waals surface area contributed by atoms with E-state index in [1.807, 2.05) is 6.92 Å². The number of piperidine rings is 1. The number of carbonyl (C=O) groups is 2. The summed E-state index contributed by atoms with van der Waals surface area (Å²) in [6.07, 6.45) is 3.17. The number of ether oxygens (including phenoxy) is 1. The van der Waals surface area contributed by atoms with E-state index in [-0.39, 0.29) is 24.1 Å². The highest BCUT2D eigenvalue weighted by Gasteiger charge is 2.32. The van der Waals surface area contributed by atoms with E-state index in [4.69, 9.17) is 4.74 Å². The molecular weight excluding hydrogens is 394 g/mol. The molecule has 2 fully saturated rings. The molecule has 0 spiro atoms. The number of benzene rings is 1. The van der Waals surface area contributed by atoms with Crippen LogP contribution in [0.5, 0.6) is 5.75 Å². The molecule has 2 aliphatic heterocycles. The summed E-state index contributed by atoms with van der Waals surface area (Å²) in [5.41, 5.74) is 1.21. The molecule has 3 rings (SSSR count). The van der Waals surface area contributed by atoms with E-state index in [0.29, 0.717) is 55.9 Å². The lowest BCUT2D eigenvalue weighted by Crippen LogP contribution is -2.44. The van der Waals surface area contributed by atoms with Gasteiger partial charge in [0.05, 0.1) is 24.5 Å². The number of carbonyl (C=O) groups excluding carboxylic acids is 2. The second kappa shape index (κ2) is 9.13. The summed E-state index contributed by atoms with van der Waals surface area (Å²) in [4.78, 5) is 26.6. The van der Waals surface area contributed by atoms with E-state index < -0.39 is 15.9 Å². The monoisotopic (exact) mass is 423 g/mol. The number of rotatable bonds is 7. The van der Waals surface area contributed by atoms with E-state index in [9.17, 15) is 18.0 Å². The van der Waals surface area contributed by atoms with Gasteiger partial charge in [0.15, 0.2) is 0 Å². The van der Waals surface area contributed by atoms with Crippen LogP contribution in [0.3, 0.4) is 0 Å². The normalized spacial score (nSPS) is 20.7. The predicted molar refractivity (Wildman–Crippen MR) is 112 cm³/mol. The standard InChI is InChI=1S/C20H29N3O5S/c1-3-12-29(26,27)22-10-4-6-15(14-22)20(25)21-16-8-9-18(28-2)17(13-16)23-11-5-7-19(23)24/h8-9,13,15H,3-7,10-12,14H2,1-2H3,(H,21,25)/t15-/m1/s1. The molecule has 2 heterocycles. The van der Waals surface area contributed by atoms with Gasteiger partial charge in [0.2, 0.25) is 21.8 Å². The molecule has 1 N–H and O–H groups in total. The molecule has 1 aromatic carbocycles. The van der Waals surface area contributed by atoms with Crippen molar-refractivity contribution in [1.29, 1.82) is 0 Å². The van der Waals surface area contributed by atoms with E-state index in [0.717, 1.165) is 6.42 Å². The number of hydrogen-bond acceptors (Lipinski definition) is 5. The first kappa shape index (κ1) is 21.6. The molecule has 2 amide bonds. The van der Waals surface area contributed by atoms with Gasteiger partial charge >= 0.3 is 0 Å². The summed E-state index contributed by atoms with van der Waals surface area (Å²) in [6.45, 7) is 3.13. The fourth-order valence-electron chi connectivity index (χ4n) is 3.92. The van der Waals surface area contributed by atoms with Crippen LogP contribution in [0.1, 0.15) is 39.0 Å². The number of anilines is 2. The number of amides is 2. The second-order valence-electron chi connectivity index (χ2n) is 7.54. The van der Waals surface area contributed by atoms with E-state index in [1.165, 1.54) is 4.31 Å². The van der Waals surface area contributed by atoms with Crippen molar-refractivity contribution in [3.8, 4) is 5.75 Å². The van der Waals surface area contributed by atoms with Crippen molar-refractivity contribution < 1.29 is 22.7 Å². The Balaban J connectivity index is 1.72. The first-order valence-electron chi connectivity index (χ1n) is 10.1. The molecule has 0 unspecified atom stereocenters. The SMILES string of the molecule is CCCS(=O)(=O)N1CCC[C@@H](C(=O)Nc2ccc(OC)c(N3CCCC3=O)c2)C1. The highest BCUT2D eigenvalue weighted by molar-refractivity contribution is 7.89. The lowest BCUT2D eigenvalue weighted by atomic mass is 9.98. The minimum atomic E-state index is -3.31. The van der Waals surface area contributed by atoms with Gasteiger partial charge in [0, 0.05) is 31.7 Å². The topological polar surface area (TPSA) is 96.0 Å². The molecule has 0 aliphatic carbocycles. The van der Waals surface area contributed by atoms with Gasteiger partial charge in [-0.15, -0.1) is 0 Å². The zero-order valence-corrected chi connectivity index (χ0v) is 17.8. The molecule has 0 saturated carbocycles. The lowest BCUT2D eigenvalue weighted by Gasteiger charge is -2.31. The number of methoxy groups -OCH3 is 1. The Morgan fingerprint density at radius 3 is 2.72 bits per heavy atom. The van der Waals surface area contributed by atoms with Crippen LogP contribution in [-0.2, 0) is 19.6 Å². The third-order valence-electron chi connectivity index (χ3n) is 5.42. The van der Waals surface area contributed by atoms with Gasteiger partial charge < -0.3 is 15.0 Å². The number of nitrogens with zero attached hydrogens (tertiary/aromatic N) is 2. The molecule has 0 bridgehead atoms. The summed E-state index contributed by atoms with van der Waals surface area (Å²) < 4.78 is 31.5. The summed E-state index contributed by atoms with van der Waals surface area (Å²) in [5, 5.41) is 2.89. The molecule has 0 aromatic heterocycles. The Labute approximate surface area is 172 Å². The maximum Gasteiger partial charge on any atom is 0.228 e. The Bertz CT molecular complexity index is 871. The lowest BCUT2D eigenvalue weighted by molar-refractivity contribution is -0.121. The Kier molecular flexibility index (Phi) is 6.79. The van der Waals surface area contributed by atoms with Crippen LogP contribution in [0.2, 0.25) is 0 Å². The summed E-state index contributed by atoms with van der Waals surface area (Å²) in [6, 6.07) is 5.21. The van der Waals surface area contributed by atoms with Crippen LogP contribution < -0.4 is 15.0 Å². The van der Waals surface area contributed by atoms with Gasteiger partial charge in [0.25, 0.3) is 0 Å². The molecule has 29 heavy (non-hydrogen) atoms. The van der Waals surface area contributed by atoms with Crippen LogP contribution in [0.25, 0.3) is 0 Å². The second-order valence-corrected chi connectivity index (χ2v) is 9.63. The molecule has 2 aliphatic rings. The van der Waals surface area contributed by atoms with Crippen LogP contribution in [0.4, 0.5) is 11.4 Å². The smallest absolute Gasteiger partial charge is 0.228 e. The predicted octanol–water partition coefficient (Wildman–Crippen LogP) is 2.21. The van der Waals surface area contributed by atoms with Gasteiger partial charge in [0.1, 0.15) is 5.75 Å². The van der Waals surface area contributed by atoms with E-state index in [2.05, 4.69) is 5.32 Å². The highest BCUT2D eigenvalue weighted by Crippen LogP contribution is 2.34. The Hall–Kier alpha value is -2.13. The summed E-state index contributed by atoms with van der Waals surface area (Å²) in [5.74, 6) is 0.121. The van der Waals surface area contributed by atoms with Crippen molar-refractivity contribution >= 4 is 33.2 Å². The largest absolute Gasteiger partial charge is 0.495 e. The zero-order chi connectivity index (χ0) is 21.0. The third-order valence-corrected chi connectivity index (χ3v) is 7.46. The average Bonchev–Trinajstić information content (AvgIpc) is 3.13. The first-order valence-corrected chi connectivity index (χ1v) is 11.7. The fourth-order valence-corrected chi connectivity index (χ4v) is 5.51. The summed E-state index contributed by atoms with van der Waals surface area (Å²) >= 11 is 0. The van der Waals surface area contributed by atoms with Gasteiger partial charge in [-0.2, -0.15) is 0 Å². The molecule has 1 atom stereocenters. The number of nitrogens with one attached hydrogen (secondary N) is 1. The first-order chi connectivity index (χ1) is 13.9. The third kappa shape index (κ3) is 4.90. The maximum absolute atomic E-state index is 12.8. The Morgan fingerprint density at radius 1 is 1.28 bits per heavy atom. The average molecular weight is 424 g/mol. The van der Waals surface area contributed by atoms with Gasteiger partial charge in [-0.25, -0.2) is 12.7 Å². The molecular formula is C20H29N3O5S. The minimum absolute atomic E-state index is 0.0378. The minimum Gasteiger partial charge on any atom is -0.495 e. The van der Waals surface area contributed by atoms with Crippen molar-refractivity contribution in [1.82, 2.24) is 4.31 Å². The number of sulfonamides is 1. The van der Waals surface area contributed by atoms with E-state index in [1.54, 1.807) is 30.2 Å². The quantitative estimate of drug-likeness (QED) is 0.725. The summed E-state index contributed by atoms with van der Waals surface area (Å²) in [7, 11) is -1.77. The van der Waals surface area contributed by atoms with Crippen molar-refractivity contribution in [2.24, 2.45) is 5.92 Å². The van der Waals surface area contributed by atoms with Crippen molar-refractivity contribution in [3.63, 3.8) is 0 Å². The van der Waals surface area contributed by atoms with Crippen molar-refractivity contribution in [2.45, 2.75) is 39.0 Å². The zero-order valence-electron chi connectivity index (χ0n) is 17.0. The van der Waals surface area contributed by atoms with Crippen LogP contribution in [0.15, 0.2) is 18.2 Å². The fraction of sp³-hybridized carbons (Fsp3) is 0.600. The maximum atomic E-state index is 12.8. The molecule has 0 radical (unpaired) electrons. The molecule has 2 saturated heterocycles. The van der Waals surface area contributed by atoms with Crippen molar-refractivity contribution in [2.75, 3.05) is 42.7 Å². The van der Waals surface area contributed by atoms with Crippen LogP contribution in [0, 0.1) is 5.92 Å². The Morgan fingerprint density at radius 2 is 2.07 bits per heavy atom. The molecule has 1 aromatic rings. The van der Waals surface area contributed by atoms with Gasteiger partial charge in [-0.1, -0.05) is 6.92 Å². The van der Waals surface area contributed by atoms with Crippen molar-refractivity contribution in [3.05, 3.63) is 18.2 Å². The number of hydrogen-bond donors (Lipinski definition) is 1. The van der Waals surface area contributed by atoms with Gasteiger partial charge in [-0.05, 0) is 43.9 Å². The van der Waals surface area contributed by atoms with Crippen LogP contribution in [-0.4, -0.2) is 57.0 Å². The van der Waals surface area contributed by atoms with Gasteiger partial charge in [-0.3, -0.25) is 9.59 Å². The van der Waals surface area contributed by atoms with E-state index >= 15 is 0 Å². The molecule has 9 heteroatoms. The molecule has 8 nitrogen and oxygen atoms in total.